The van der Waals surface area contributed by atoms with Gasteiger partial charge in [-0.25, -0.2) is 4.79 Å². The minimum absolute atomic E-state index is 0.0603. The van der Waals surface area contributed by atoms with Gasteiger partial charge in [0.25, 0.3) is 5.91 Å². The van der Waals surface area contributed by atoms with Crippen molar-refractivity contribution in [2.45, 2.75) is 11.4 Å². The molecule has 0 unspecified atom stereocenters. The van der Waals surface area contributed by atoms with Crippen molar-refractivity contribution >= 4 is 35.4 Å². The fourth-order valence-corrected chi connectivity index (χ4v) is 4.12. The van der Waals surface area contributed by atoms with Crippen LogP contribution in [0.2, 0.25) is 0 Å². The number of carbonyl (C=O) groups excluding carboxylic acids is 1. The lowest BCUT2D eigenvalue weighted by Crippen LogP contribution is -2.33. The Morgan fingerprint density at radius 2 is 1.61 bits per heavy atom. The van der Waals surface area contributed by atoms with Crippen LogP contribution in [0, 0.1) is 0 Å². The Labute approximate surface area is 167 Å². The Bertz CT molecular complexity index is 1060. The van der Waals surface area contributed by atoms with Gasteiger partial charge in [-0.2, -0.15) is 0 Å². The molecule has 0 spiro atoms. The molecule has 0 aliphatic carbocycles. The van der Waals surface area contributed by atoms with Crippen LogP contribution in [0.1, 0.15) is 21.5 Å². The summed E-state index contributed by atoms with van der Waals surface area (Å²) in [6.45, 7) is 0.493. The van der Waals surface area contributed by atoms with Gasteiger partial charge in [0.05, 0.1) is 22.7 Å². The number of carbonyl (C=O) groups is 2. The van der Waals surface area contributed by atoms with Crippen molar-refractivity contribution in [2.75, 3.05) is 4.90 Å². The summed E-state index contributed by atoms with van der Waals surface area (Å²) < 4.78 is 0. The van der Waals surface area contributed by atoms with Crippen LogP contribution in [0.3, 0.4) is 0 Å². The summed E-state index contributed by atoms with van der Waals surface area (Å²) in [5.74, 6) is -1.03. The first-order valence-electron chi connectivity index (χ1n) is 8.79. The van der Waals surface area contributed by atoms with E-state index in [-0.39, 0.29) is 11.5 Å². The fraction of sp³-hybridized carbons (Fsp3) is 0.0435. The molecular weight excluding hydrogens is 370 g/mol. The van der Waals surface area contributed by atoms with E-state index in [1.807, 2.05) is 60.7 Å². The third-order valence-corrected chi connectivity index (χ3v) is 5.55. The van der Waals surface area contributed by atoms with Crippen LogP contribution in [0.25, 0.3) is 6.08 Å². The van der Waals surface area contributed by atoms with Gasteiger partial charge in [-0.1, -0.05) is 66.4 Å². The SMILES string of the molecule is O=C(O)c1ccc(/C=C2/Sc3ccccc3N(Cc3ccccc3)C2=O)cc1. The topological polar surface area (TPSA) is 57.6 Å². The molecule has 1 N–H and O–H groups in total. The Morgan fingerprint density at radius 3 is 2.32 bits per heavy atom. The third kappa shape index (κ3) is 3.70. The van der Waals surface area contributed by atoms with Gasteiger partial charge in [-0.3, -0.25) is 4.79 Å². The monoisotopic (exact) mass is 387 g/mol. The number of amides is 1. The molecule has 4 rings (SSSR count). The van der Waals surface area contributed by atoms with Gasteiger partial charge in [-0.15, -0.1) is 0 Å². The van der Waals surface area contributed by atoms with Gasteiger partial charge >= 0.3 is 5.97 Å². The number of benzene rings is 3. The molecule has 4 nitrogen and oxygen atoms in total. The minimum Gasteiger partial charge on any atom is -0.478 e. The largest absolute Gasteiger partial charge is 0.478 e. The van der Waals surface area contributed by atoms with Crippen molar-refractivity contribution in [3.8, 4) is 0 Å². The first-order valence-corrected chi connectivity index (χ1v) is 9.61. The Morgan fingerprint density at radius 1 is 0.929 bits per heavy atom. The van der Waals surface area contributed by atoms with Crippen molar-refractivity contribution in [1.29, 1.82) is 0 Å². The van der Waals surface area contributed by atoms with E-state index >= 15 is 0 Å². The summed E-state index contributed by atoms with van der Waals surface area (Å²) >= 11 is 1.44. The molecule has 3 aromatic carbocycles. The predicted molar refractivity (Wildman–Crippen MR) is 111 cm³/mol. The first kappa shape index (κ1) is 18.1. The normalized spacial score (nSPS) is 14.8. The number of aromatic carboxylic acids is 1. The third-order valence-electron chi connectivity index (χ3n) is 4.47. The van der Waals surface area contributed by atoms with Gasteiger partial charge in [-0.05, 0) is 41.5 Å². The number of rotatable bonds is 4. The number of hydrogen-bond donors (Lipinski definition) is 1. The second-order valence-electron chi connectivity index (χ2n) is 6.38. The quantitative estimate of drug-likeness (QED) is 0.636. The molecule has 3 aromatic rings. The van der Waals surface area contributed by atoms with Gasteiger partial charge in [0.2, 0.25) is 0 Å². The van der Waals surface area contributed by atoms with Crippen LogP contribution < -0.4 is 4.90 Å². The summed E-state index contributed by atoms with van der Waals surface area (Å²) in [5, 5.41) is 9.04. The van der Waals surface area contributed by atoms with Gasteiger partial charge < -0.3 is 10.0 Å². The lowest BCUT2D eigenvalue weighted by molar-refractivity contribution is -0.114. The molecular formula is C23H17NO3S. The average molecular weight is 387 g/mol. The highest BCUT2D eigenvalue weighted by Gasteiger charge is 2.28. The zero-order chi connectivity index (χ0) is 19.5. The molecule has 0 fully saturated rings. The predicted octanol–water partition coefficient (Wildman–Crippen LogP) is 5.06. The standard InChI is InChI=1S/C23H17NO3S/c25-22-21(14-16-10-12-18(13-11-16)23(26)27)28-20-9-5-4-8-19(20)24(22)15-17-6-2-1-3-7-17/h1-14H,15H2,(H,26,27)/b21-14+. The highest BCUT2D eigenvalue weighted by atomic mass is 32.2. The van der Waals surface area contributed by atoms with Crippen molar-refractivity contribution in [2.24, 2.45) is 0 Å². The van der Waals surface area contributed by atoms with E-state index in [9.17, 15) is 9.59 Å². The molecule has 5 heteroatoms. The molecule has 0 aromatic heterocycles. The smallest absolute Gasteiger partial charge is 0.335 e. The number of fused-ring (bicyclic) bond motifs is 1. The Hall–Kier alpha value is -3.31. The molecule has 0 saturated carbocycles. The number of para-hydroxylation sites is 1. The molecule has 1 amide bonds. The zero-order valence-corrected chi connectivity index (χ0v) is 15.7. The van der Waals surface area contributed by atoms with E-state index in [1.165, 1.54) is 11.8 Å². The van der Waals surface area contributed by atoms with E-state index in [4.69, 9.17) is 5.11 Å². The number of carboxylic acid groups (broad SMARTS) is 1. The second kappa shape index (κ2) is 7.74. The summed E-state index contributed by atoms with van der Waals surface area (Å²) in [6.07, 6.45) is 1.81. The van der Waals surface area contributed by atoms with E-state index in [0.29, 0.717) is 11.4 Å². The number of anilines is 1. The van der Waals surface area contributed by atoms with Gasteiger partial charge in [0.1, 0.15) is 0 Å². The average Bonchev–Trinajstić information content (AvgIpc) is 2.72. The number of hydrogen-bond acceptors (Lipinski definition) is 3. The van der Waals surface area contributed by atoms with Crippen LogP contribution in [0.4, 0.5) is 5.69 Å². The molecule has 0 saturated heterocycles. The van der Waals surface area contributed by atoms with E-state index in [1.54, 1.807) is 29.2 Å². The van der Waals surface area contributed by atoms with Crippen LogP contribution in [-0.2, 0) is 11.3 Å². The molecule has 0 radical (unpaired) electrons. The molecule has 1 heterocycles. The van der Waals surface area contributed by atoms with Crippen molar-refractivity contribution in [3.63, 3.8) is 0 Å². The van der Waals surface area contributed by atoms with Crippen molar-refractivity contribution in [3.05, 3.63) is 100 Å². The van der Waals surface area contributed by atoms with Gasteiger partial charge in [0, 0.05) is 4.90 Å². The van der Waals surface area contributed by atoms with Crippen LogP contribution in [0.15, 0.2) is 88.7 Å². The minimum atomic E-state index is -0.967. The van der Waals surface area contributed by atoms with E-state index in [2.05, 4.69) is 0 Å². The van der Waals surface area contributed by atoms with Gasteiger partial charge in [0.15, 0.2) is 0 Å². The highest BCUT2D eigenvalue weighted by molar-refractivity contribution is 8.04. The van der Waals surface area contributed by atoms with Crippen LogP contribution in [0.5, 0.6) is 0 Å². The molecule has 1 aliphatic heterocycles. The molecule has 1 aliphatic rings. The molecule has 138 valence electrons. The zero-order valence-electron chi connectivity index (χ0n) is 14.9. The van der Waals surface area contributed by atoms with E-state index in [0.717, 1.165) is 21.7 Å². The van der Waals surface area contributed by atoms with E-state index < -0.39 is 5.97 Å². The fourth-order valence-electron chi connectivity index (χ4n) is 3.06. The Balaban J connectivity index is 1.70. The summed E-state index contributed by atoms with van der Waals surface area (Å²) in [7, 11) is 0. The highest BCUT2D eigenvalue weighted by Crippen LogP contribution is 2.42. The maximum Gasteiger partial charge on any atom is 0.335 e. The molecule has 0 atom stereocenters. The second-order valence-corrected chi connectivity index (χ2v) is 7.47. The van der Waals surface area contributed by atoms with Crippen LogP contribution >= 0.6 is 11.8 Å². The molecule has 28 heavy (non-hydrogen) atoms. The Kier molecular flexibility index (Phi) is 5.00. The maximum absolute atomic E-state index is 13.2. The van der Waals surface area contributed by atoms with Crippen molar-refractivity contribution in [1.82, 2.24) is 0 Å². The van der Waals surface area contributed by atoms with Crippen molar-refractivity contribution < 1.29 is 14.7 Å². The lowest BCUT2D eigenvalue weighted by Gasteiger charge is -2.30. The number of thioether (sulfide) groups is 1. The lowest BCUT2D eigenvalue weighted by atomic mass is 10.1. The van der Waals surface area contributed by atoms with Crippen LogP contribution in [-0.4, -0.2) is 17.0 Å². The summed E-state index contributed by atoms with van der Waals surface area (Å²) in [6, 6.07) is 24.3. The number of carboxylic acids is 1. The summed E-state index contributed by atoms with van der Waals surface area (Å²) in [5.41, 5.74) is 2.98. The summed E-state index contributed by atoms with van der Waals surface area (Å²) in [4.78, 5) is 27.7. The maximum atomic E-state index is 13.2. The first-order chi connectivity index (χ1) is 13.6. The number of nitrogens with zero attached hydrogens (tertiary/aromatic N) is 1. The molecule has 0 bridgehead atoms.